The third kappa shape index (κ3) is 5.37. The summed E-state index contributed by atoms with van der Waals surface area (Å²) in [6.07, 6.45) is 0. The summed E-state index contributed by atoms with van der Waals surface area (Å²) < 4.78 is 29.3. The number of aromatic nitrogens is 2. The fraction of sp³-hybridized carbons (Fsp3) is 0.0417. The van der Waals surface area contributed by atoms with Crippen molar-refractivity contribution in [3.8, 4) is 16.9 Å². The van der Waals surface area contributed by atoms with Crippen molar-refractivity contribution < 1.29 is 22.7 Å². The second-order valence-electron chi connectivity index (χ2n) is 7.22. The van der Waals surface area contributed by atoms with E-state index in [1.807, 2.05) is 48.5 Å². The molecule has 0 fully saturated rings. The first-order chi connectivity index (χ1) is 16.3. The van der Waals surface area contributed by atoms with Gasteiger partial charge in [0.1, 0.15) is 0 Å². The average Bonchev–Trinajstić information content (AvgIpc) is 3.29. The maximum Gasteiger partial charge on any atom is 0.357 e. The van der Waals surface area contributed by atoms with Crippen LogP contribution in [0, 0.1) is 0 Å². The molecule has 0 bridgehead atoms. The monoisotopic (exact) mass is 476 g/mol. The third-order valence-electron chi connectivity index (χ3n) is 4.79. The van der Waals surface area contributed by atoms with Gasteiger partial charge in [-0.25, -0.2) is 23.0 Å². The molecule has 1 heterocycles. The summed E-state index contributed by atoms with van der Waals surface area (Å²) in [5.41, 5.74) is 2.56. The number of nitrogens with two attached hydrogens (primary N) is 1. The molecule has 3 N–H and O–H groups in total. The van der Waals surface area contributed by atoms with Gasteiger partial charge in [0.2, 0.25) is 10.0 Å². The molecular weight excluding hydrogens is 456 g/mol. The molecule has 0 aliphatic heterocycles. The minimum absolute atomic E-state index is 0.0830. The van der Waals surface area contributed by atoms with Crippen LogP contribution in [0.2, 0.25) is 0 Å². The number of primary sulfonamides is 1. The van der Waals surface area contributed by atoms with E-state index in [4.69, 9.17) is 9.88 Å². The number of rotatable bonds is 7. The van der Waals surface area contributed by atoms with Crippen molar-refractivity contribution in [2.75, 3.05) is 11.9 Å². The van der Waals surface area contributed by atoms with Gasteiger partial charge < -0.3 is 10.1 Å². The second kappa shape index (κ2) is 9.69. The standard InChI is InChI=1S/C24H20N4O5S/c25-34(31,32)20-13-11-18(12-14-20)26-23(29)16-33-24(30)22-15-21(17-7-3-1-4-8-17)27-28(22)19-9-5-2-6-10-19/h1-15H,16H2,(H,26,29)(H2,25,31,32). The first-order valence-electron chi connectivity index (χ1n) is 10.1. The van der Waals surface area contributed by atoms with Crippen LogP contribution in [0.5, 0.6) is 0 Å². The number of anilines is 1. The summed E-state index contributed by atoms with van der Waals surface area (Å²) in [6.45, 7) is -0.545. The highest BCUT2D eigenvalue weighted by molar-refractivity contribution is 7.89. The number of hydrogen-bond donors (Lipinski definition) is 2. The van der Waals surface area contributed by atoms with Crippen LogP contribution < -0.4 is 10.5 Å². The van der Waals surface area contributed by atoms with Crippen LogP contribution in [-0.4, -0.2) is 36.7 Å². The number of para-hydroxylation sites is 1. The van der Waals surface area contributed by atoms with Crippen LogP contribution in [0.25, 0.3) is 16.9 Å². The summed E-state index contributed by atoms with van der Waals surface area (Å²) in [5.74, 6) is -1.32. The van der Waals surface area contributed by atoms with E-state index in [1.54, 1.807) is 18.2 Å². The number of carbonyl (C=O) groups excluding carboxylic acids is 2. The average molecular weight is 477 g/mol. The largest absolute Gasteiger partial charge is 0.451 e. The molecule has 0 unspecified atom stereocenters. The molecule has 0 aliphatic carbocycles. The Labute approximate surface area is 195 Å². The van der Waals surface area contributed by atoms with Crippen molar-refractivity contribution in [1.29, 1.82) is 0 Å². The smallest absolute Gasteiger partial charge is 0.357 e. The summed E-state index contributed by atoms with van der Waals surface area (Å²) in [4.78, 5) is 25.0. The number of ether oxygens (including phenoxy) is 1. The number of amides is 1. The van der Waals surface area contributed by atoms with Crippen molar-refractivity contribution in [2.45, 2.75) is 4.90 Å². The lowest BCUT2D eigenvalue weighted by Crippen LogP contribution is -2.22. The Balaban J connectivity index is 1.49. The molecule has 0 radical (unpaired) electrons. The van der Waals surface area contributed by atoms with Crippen LogP contribution in [0.4, 0.5) is 5.69 Å². The molecule has 10 heteroatoms. The SMILES string of the molecule is NS(=O)(=O)c1ccc(NC(=O)COC(=O)c2cc(-c3ccccc3)nn2-c2ccccc2)cc1. The Morgan fingerprint density at radius 2 is 1.53 bits per heavy atom. The van der Waals surface area contributed by atoms with Gasteiger partial charge in [-0.1, -0.05) is 48.5 Å². The molecule has 0 aliphatic rings. The molecule has 4 aromatic rings. The van der Waals surface area contributed by atoms with E-state index in [9.17, 15) is 18.0 Å². The number of nitrogens with one attached hydrogen (secondary N) is 1. The first kappa shape index (κ1) is 22.9. The van der Waals surface area contributed by atoms with E-state index in [1.165, 1.54) is 28.9 Å². The number of benzene rings is 3. The molecule has 4 rings (SSSR count). The number of esters is 1. The normalized spacial score (nSPS) is 11.1. The molecule has 9 nitrogen and oxygen atoms in total. The Morgan fingerprint density at radius 1 is 0.912 bits per heavy atom. The van der Waals surface area contributed by atoms with Gasteiger partial charge in [-0.15, -0.1) is 0 Å². The van der Waals surface area contributed by atoms with Crippen LogP contribution in [0.15, 0.2) is 95.9 Å². The molecule has 172 valence electrons. The van der Waals surface area contributed by atoms with Gasteiger partial charge in [-0.2, -0.15) is 5.10 Å². The Morgan fingerprint density at radius 3 is 2.15 bits per heavy atom. The minimum Gasteiger partial charge on any atom is -0.451 e. The molecule has 1 amide bonds. The summed E-state index contributed by atoms with van der Waals surface area (Å²) in [6, 6.07) is 25.4. The summed E-state index contributed by atoms with van der Waals surface area (Å²) >= 11 is 0. The fourth-order valence-electron chi connectivity index (χ4n) is 3.17. The summed E-state index contributed by atoms with van der Waals surface area (Å²) in [7, 11) is -3.84. The van der Waals surface area contributed by atoms with Gasteiger partial charge in [0.25, 0.3) is 5.91 Å². The second-order valence-corrected chi connectivity index (χ2v) is 8.78. The van der Waals surface area contributed by atoms with Crippen molar-refractivity contribution >= 4 is 27.6 Å². The van der Waals surface area contributed by atoms with Crippen LogP contribution >= 0.6 is 0 Å². The van der Waals surface area contributed by atoms with Crippen molar-refractivity contribution in [3.05, 3.63) is 96.7 Å². The molecule has 0 atom stereocenters. The lowest BCUT2D eigenvalue weighted by atomic mass is 10.1. The van der Waals surface area contributed by atoms with Gasteiger partial charge in [0.05, 0.1) is 16.3 Å². The van der Waals surface area contributed by atoms with Gasteiger partial charge in [-0.3, -0.25) is 4.79 Å². The highest BCUT2D eigenvalue weighted by Gasteiger charge is 2.20. The quantitative estimate of drug-likeness (QED) is 0.394. The van der Waals surface area contributed by atoms with Gasteiger partial charge in [-0.05, 0) is 42.5 Å². The van der Waals surface area contributed by atoms with E-state index in [-0.39, 0.29) is 10.6 Å². The molecule has 1 aromatic heterocycles. The summed E-state index contributed by atoms with van der Waals surface area (Å²) in [5, 5.41) is 12.1. The first-order valence-corrected chi connectivity index (χ1v) is 11.7. The zero-order valence-corrected chi connectivity index (χ0v) is 18.6. The van der Waals surface area contributed by atoms with Crippen LogP contribution in [-0.2, 0) is 19.6 Å². The van der Waals surface area contributed by atoms with Crippen molar-refractivity contribution in [1.82, 2.24) is 9.78 Å². The molecule has 0 saturated heterocycles. The highest BCUT2D eigenvalue weighted by atomic mass is 32.2. The zero-order chi connectivity index (χ0) is 24.1. The van der Waals surface area contributed by atoms with Gasteiger partial charge >= 0.3 is 5.97 Å². The molecule has 0 spiro atoms. The van der Waals surface area contributed by atoms with E-state index in [0.29, 0.717) is 17.1 Å². The minimum atomic E-state index is -3.84. The third-order valence-corrected chi connectivity index (χ3v) is 5.72. The van der Waals surface area contributed by atoms with Crippen LogP contribution in [0.1, 0.15) is 10.5 Å². The fourth-order valence-corrected chi connectivity index (χ4v) is 3.69. The molecular formula is C24H20N4O5S. The van der Waals surface area contributed by atoms with Crippen molar-refractivity contribution in [2.24, 2.45) is 5.14 Å². The Hall–Kier alpha value is -4.28. The topological polar surface area (TPSA) is 133 Å². The maximum atomic E-state index is 12.9. The van der Waals surface area contributed by atoms with Gasteiger partial charge in [0, 0.05) is 11.3 Å². The zero-order valence-electron chi connectivity index (χ0n) is 17.8. The van der Waals surface area contributed by atoms with Crippen molar-refractivity contribution in [3.63, 3.8) is 0 Å². The van der Waals surface area contributed by atoms with Crippen LogP contribution in [0.3, 0.4) is 0 Å². The molecule has 34 heavy (non-hydrogen) atoms. The lowest BCUT2D eigenvalue weighted by molar-refractivity contribution is -0.119. The predicted octanol–water partition coefficient (Wildman–Crippen LogP) is 2.98. The number of carbonyl (C=O) groups is 2. The lowest BCUT2D eigenvalue weighted by Gasteiger charge is -2.09. The van der Waals surface area contributed by atoms with Gasteiger partial charge in [0.15, 0.2) is 12.3 Å². The molecule has 3 aromatic carbocycles. The number of nitrogens with zero attached hydrogens (tertiary/aromatic N) is 2. The maximum absolute atomic E-state index is 12.9. The van der Waals surface area contributed by atoms with E-state index in [0.717, 1.165) is 5.56 Å². The predicted molar refractivity (Wildman–Crippen MR) is 126 cm³/mol. The Kier molecular flexibility index (Phi) is 6.53. The van der Waals surface area contributed by atoms with E-state index >= 15 is 0 Å². The highest BCUT2D eigenvalue weighted by Crippen LogP contribution is 2.22. The molecule has 0 saturated carbocycles. The Bertz CT molecular complexity index is 1420. The van der Waals surface area contributed by atoms with E-state index in [2.05, 4.69) is 10.4 Å². The number of sulfonamides is 1. The van der Waals surface area contributed by atoms with E-state index < -0.39 is 28.5 Å². The number of hydrogen-bond acceptors (Lipinski definition) is 6.